The number of aromatic nitrogens is 2. The first-order valence-electron chi connectivity index (χ1n) is 5.31. The van der Waals surface area contributed by atoms with Crippen LogP contribution in [0, 0.1) is 5.41 Å². The summed E-state index contributed by atoms with van der Waals surface area (Å²) in [5.74, 6) is 1.10. The summed E-state index contributed by atoms with van der Waals surface area (Å²) in [7, 11) is 3.17. The van der Waals surface area contributed by atoms with E-state index in [1.54, 1.807) is 20.2 Å². The van der Waals surface area contributed by atoms with E-state index >= 15 is 0 Å². The van der Waals surface area contributed by atoms with Gasteiger partial charge in [-0.3, -0.25) is 4.79 Å². The third kappa shape index (κ3) is 3.58. The predicted octanol–water partition coefficient (Wildman–Crippen LogP) is 0.669. The van der Waals surface area contributed by atoms with Crippen LogP contribution in [-0.2, 0) is 4.79 Å². The van der Waals surface area contributed by atoms with Crippen molar-refractivity contribution in [1.29, 1.82) is 0 Å². The molecule has 6 heteroatoms. The second-order valence-corrected chi connectivity index (χ2v) is 4.26. The van der Waals surface area contributed by atoms with Crippen LogP contribution in [0.3, 0.4) is 0 Å². The zero-order valence-electron chi connectivity index (χ0n) is 10.6. The molecule has 0 fully saturated rings. The third-order valence-corrected chi connectivity index (χ3v) is 2.40. The number of carbonyl (C=O) groups excluding carboxylic acids is 1. The normalized spacial score (nSPS) is 10.8. The topological polar surface area (TPSA) is 76.1 Å². The molecule has 0 aliphatic heterocycles. The number of nitrogens with zero attached hydrogens (tertiary/aromatic N) is 2. The summed E-state index contributed by atoms with van der Waals surface area (Å²) >= 11 is 0. The molecular formula is C11H18N4O2. The molecule has 0 aliphatic rings. The molecule has 1 aromatic heterocycles. The fourth-order valence-electron chi connectivity index (χ4n) is 1.28. The van der Waals surface area contributed by atoms with E-state index in [0.29, 0.717) is 18.2 Å². The molecule has 0 atom stereocenters. The summed E-state index contributed by atoms with van der Waals surface area (Å²) in [4.78, 5) is 19.5. The summed E-state index contributed by atoms with van der Waals surface area (Å²) in [6.07, 6.45) is 1.41. The van der Waals surface area contributed by atoms with Crippen molar-refractivity contribution >= 4 is 11.7 Å². The first-order valence-corrected chi connectivity index (χ1v) is 5.31. The quantitative estimate of drug-likeness (QED) is 0.788. The fraction of sp³-hybridized carbons (Fsp3) is 0.545. The molecule has 0 radical (unpaired) electrons. The van der Waals surface area contributed by atoms with E-state index in [2.05, 4.69) is 20.6 Å². The maximum Gasteiger partial charge on any atom is 0.227 e. The fourth-order valence-corrected chi connectivity index (χ4v) is 1.28. The van der Waals surface area contributed by atoms with Crippen molar-refractivity contribution in [1.82, 2.24) is 15.3 Å². The number of anilines is 1. The smallest absolute Gasteiger partial charge is 0.227 e. The molecule has 0 unspecified atom stereocenters. The lowest BCUT2D eigenvalue weighted by Crippen LogP contribution is -2.39. The minimum Gasteiger partial charge on any atom is -0.481 e. The van der Waals surface area contributed by atoms with Crippen LogP contribution < -0.4 is 15.4 Å². The Balaban J connectivity index is 2.63. The molecule has 0 spiro atoms. The molecule has 0 bridgehead atoms. The maximum atomic E-state index is 11.6. The Labute approximate surface area is 101 Å². The third-order valence-electron chi connectivity index (χ3n) is 2.40. The van der Waals surface area contributed by atoms with Gasteiger partial charge in [-0.15, -0.1) is 0 Å². The van der Waals surface area contributed by atoms with E-state index in [1.165, 1.54) is 6.33 Å². The number of hydrogen-bond acceptors (Lipinski definition) is 5. The summed E-state index contributed by atoms with van der Waals surface area (Å²) < 4.78 is 4.99. The van der Waals surface area contributed by atoms with Crippen molar-refractivity contribution < 1.29 is 9.53 Å². The molecule has 6 nitrogen and oxygen atoms in total. The van der Waals surface area contributed by atoms with Crippen LogP contribution in [0.2, 0.25) is 0 Å². The molecular weight excluding hydrogens is 220 g/mol. The molecule has 1 heterocycles. The predicted molar refractivity (Wildman–Crippen MR) is 64.9 cm³/mol. The van der Waals surface area contributed by atoms with Crippen LogP contribution in [0.1, 0.15) is 13.8 Å². The van der Waals surface area contributed by atoms with E-state index in [0.717, 1.165) is 0 Å². The Bertz CT molecular complexity index is 393. The highest BCUT2D eigenvalue weighted by Gasteiger charge is 2.26. The molecule has 0 aromatic carbocycles. The van der Waals surface area contributed by atoms with Crippen LogP contribution >= 0.6 is 0 Å². The van der Waals surface area contributed by atoms with Crippen LogP contribution in [0.5, 0.6) is 5.88 Å². The molecule has 2 N–H and O–H groups in total. The minimum absolute atomic E-state index is 0.0222. The van der Waals surface area contributed by atoms with Crippen molar-refractivity contribution in [3.05, 3.63) is 12.4 Å². The summed E-state index contributed by atoms with van der Waals surface area (Å²) in [5.41, 5.74) is -0.507. The Hall–Kier alpha value is -1.85. The van der Waals surface area contributed by atoms with Gasteiger partial charge < -0.3 is 15.4 Å². The average Bonchev–Trinajstić information content (AvgIpc) is 2.35. The number of rotatable bonds is 5. The average molecular weight is 238 g/mol. The Morgan fingerprint density at radius 3 is 2.76 bits per heavy atom. The van der Waals surface area contributed by atoms with Crippen molar-refractivity contribution in [3.8, 4) is 5.88 Å². The highest BCUT2D eigenvalue weighted by molar-refractivity contribution is 5.82. The van der Waals surface area contributed by atoms with Crippen molar-refractivity contribution in [2.24, 2.45) is 5.41 Å². The Morgan fingerprint density at radius 2 is 2.18 bits per heavy atom. The lowest BCUT2D eigenvalue weighted by atomic mass is 9.92. The zero-order valence-corrected chi connectivity index (χ0v) is 10.6. The Morgan fingerprint density at radius 1 is 1.47 bits per heavy atom. The summed E-state index contributed by atoms with van der Waals surface area (Å²) in [6.45, 7) is 4.20. The summed E-state index contributed by atoms with van der Waals surface area (Å²) in [5, 5.41) is 5.71. The van der Waals surface area contributed by atoms with Crippen LogP contribution in [0.15, 0.2) is 12.4 Å². The SMILES string of the molecule is CNC(=O)C(C)(C)CNc1cc(OC)ncn1. The largest absolute Gasteiger partial charge is 0.481 e. The number of hydrogen-bond donors (Lipinski definition) is 2. The van der Waals surface area contributed by atoms with Gasteiger partial charge in [0, 0.05) is 19.7 Å². The van der Waals surface area contributed by atoms with Gasteiger partial charge in [-0.25, -0.2) is 9.97 Å². The van der Waals surface area contributed by atoms with Gasteiger partial charge in [0.05, 0.1) is 12.5 Å². The molecule has 0 saturated carbocycles. The first kappa shape index (κ1) is 13.2. The van der Waals surface area contributed by atoms with E-state index in [9.17, 15) is 4.79 Å². The van der Waals surface area contributed by atoms with Crippen molar-refractivity contribution in [2.75, 3.05) is 26.0 Å². The van der Waals surface area contributed by atoms with Gasteiger partial charge in [0.25, 0.3) is 0 Å². The van der Waals surface area contributed by atoms with Crippen LogP contribution in [0.25, 0.3) is 0 Å². The monoisotopic (exact) mass is 238 g/mol. The molecule has 0 saturated heterocycles. The molecule has 1 rings (SSSR count). The number of methoxy groups -OCH3 is 1. The molecule has 0 aliphatic carbocycles. The van der Waals surface area contributed by atoms with Crippen molar-refractivity contribution in [3.63, 3.8) is 0 Å². The molecule has 17 heavy (non-hydrogen) atoms. The minimum atomic E-state index is -0.507. The lowest BCUT2D eigenvalue weighted by molar-refractivity contribution is -0.128. The van der Waals surface area contributed by atoms with Crippen molar-refractivity contribution in [2.45, 2.75) is 13.8 Å². The number of nitrogens with one attached hydrogen (secondary N) is 2. The molecule has 94 valence electrons. The van der Waals surface area contributed by atoms with E-state index in [-0.39, 0.29) is 5.91 Å². The van der Waals surface area contributed by atoms with Gasteiger partial charge in [0.1, 0.15) is 12.1 Å². The lowest BCUT2D eigenvalue weighted by Gasteiger charge is -2.23. The van der Waals surface area contributed by atoms with E-state index in [4.69, 9.17) is 4.74 Å². The first-order chi connectivity index (χ1) is 7.99. The molecule has 1 amide bonds. The molecule has 1 aromatic rings. The highest BCUT2D eigenvalue weighted by Crippen LogP contribution is 2.17. The van der Waals surface area contributed by atoms with E-state index < -0.39 is 5.41 Å². The second-order valence-electron chi connectivity index (χ2n) is 4.26. The van der Waals surface area contributed by atoms with Crippen LogP contribution in [-0.4, -0.2) is 36.6 Å². The number of carbonyl (C=O) groups is 1. The number of amides is 1. The van der Waals surface area contributed by atoms with Gasteiger partial charge in [0.15, 0.2) is 0 Å². The maximum absolute atomic E-state index is 11.6. The van der Waals surface area contributed by atoms with Gasteiger partial charge in [-0.2, -0.15) is 0 Å². The van der Waals surface area contributed by atoms with Gasteiger partial charge in [0.2, 0.25) is 11.8 Å². The summed E-state index contributed by atoms with van der Waals surface area (Å²) in [6, 6.07) is 1.68. The Kier molecular flexibility index (Phi) is 4.25. The highest BCUT2D eigenvalue weighted by atomic mass is 16.5. The second kappa shape index (κ2) is 5.47. The van der Waals surface area contributed by atoms with Gasteiger partial charge in [-0.05, 0) is 13.8 Å². The van der Waals surface area contributed by atoms with Gasteiger partial charge >= 0.3 is 0 Å². The van der Waals surface area contributed by atoms with Crippen LogP contribution in [0.4, 0.5) is 5.82 Å². The van der Waals surface area contributed by atoms with Gasteiger partial charge in [-0.1, -0.05) is 0 Å². The van der Waals surface area contributed by atoms with E-state index in [1.807, 2.05) is 13.8 Å². The standard InChI is InChI=1S/C11H18N4O2/c1-11(2,10(16)12-3)6-13-8-5-9(17-4)15-7-14-8/h5,7H,6H2,1-4H3,(H,12,16)(H,13,14,15). The zero-order chi connectivity index (χ0) is 12.9. The number of ether oxygens (including phenoxy) is 1.